The topological polar surface area (TPSA) is 71.5 Å². The van der Waals surface area contributed by atoms with Gasteiger partial charge in [-0.3, -0.25) is 14.6 Å². The van der Waals surface area contributed by atoms with E-state index in [0.29, 0.717) is 23.0 Å². The zero-order valence-corrected chi connectivity index (χ0v) is 16.2. The average Bonchev–Trinajstić information content (AvgIpc) is 2.70. The van der Waals surface area contributed by atoms with Gasteiger partial charge in [0.15, 0.2) is 0 Å². The largest absolute Gasteiger partial charge is 0.497 e. The van der Waals surface area contributed by atoms with Crippen molar-refractivity contribution in [3.8, 4) is 11.5 Å². The van der Waals surface area contributed by atoms with Gasteiger partial charge in [0.25, 0.3) is 0 Å². The fraction of sp³-hybridized carbons (Fsp3) is 0.650. The Morgan fingerprint density at radius 1 is 1.19 bits per heavy atom. The Bertz CT molecular complexity index is 625. The number of ether oxygens (including phenoxy) is 3. The first kappa shape index (κ1) is 19.9. The highest BCUT2D eigenvalue weighted by atomic mass is 16.5. The maximum Gasteiger partial charge on any atom is 0.325 e. The lowest BCUT2D eigenvalue weighted by Gasteiger charge is -2.38. The number of piperidine rings is 1. The van der Waals surface area contributed by atoms with Crippen LogP contribution in [0.25, 0.3) is 0 Å². The third-order valence-electron chi connectivity index (χ3n) is 5.60. The molecule has 1 aromatic carbocycles. The second-order valence-corrected chi connectivity index (χ2v) is 7.24. The van der Waals surface area contributed by atoms with E-state index < -0.39 is 12.0 Å². The van der Waals surface area contributed by atoms with E-state index in [4.69, 9.17) is 14.2 Å². The van der Waals surface area contributed by atoms with Crippen LogP contribution in [0, 0.1) is 5.92 Å². The summed E-state index contributed by atoms with van der Waals surface area (Å²) in [4.78, 5) is 16.6. The van der Waals surface area contributed by atoms with Crippen molar-refractivity contribution in [2.45, 2.75) is 18.9 Å². The van der Waals surface area contributed by atoms with Gasteiger partial charge in [-0.05, 0) is 50.0 Å². The van der Waals surface area contributed by atoms with E-state index in [0.717, 1.165) is 58.8 Å². The molecule has 0 spiro atoms. The van der Waals surface area contributed by atoms with E-state index in [2.05, 4.69) is 9.80 Å². The zero-order valence-electron chi connectivity index (χ0n) is 16.2. The number of carboxylic acids is 1. The van der Waals surface area contributed by atoms with Crippen molar-refractivity contribution < 1.29 is 24.1 Å². The molecule has 0 bridgehead atoms. The monoisotopic (exact) mass is 378 g/mol. The third-order valence-corrected chi connectivity index (χ3v) is 5.60. The van der Waals surface area contributed by atoms with Gasteiger partial charge in [-0.2, -0.15) is 0 Å². The van der Waals surface area contributed by atoms with Gasteiger partial charge in [-0.15, -0.1) is 0 Å². The highest BCUT2D eigenvalue weighted by Gasteiger charge is 2.33. The summed E-state index contributed by atoms with van der Waals surface area (Å²) in [5.74, 6) is 0.979. The lowest BCUT2D eigenvalue weighted by molar-refractivity contribution is -0.144. The number of carboxylic acid groups (broad SMARTS) is 1. The lowest BCUT2D eigenvalue weighted by Crippen LogP contribution is -2.44. The van der Waals surface area contributed by atoms with Crippen LogP contribution >= 0.6 is 0 Å². The number of rotatable bonds is 7. The smallest absolute Gasteiger partial charge is 0.325 e. The van der Waals surface area contributed by atoms with E-state index >= 15 is 0 Å². The maximum absolute atomic E-state index is 12.1. The summed E-state index contributed by atoms with van der Waals surface area (Å²) in [5.41, 5.74) is 0.649. The molecule has 0 radical (unpaired) electrons. The van der Waals surface area contributed by atoms with E-state index in [9.17, 15) is 9.90 Å². The van der Waals surface area contributed by atoms with Crippen LogP contribution in [0.15, 0.2) is 18.2 Å². The molecular weight excluding hydrogens is 348 g/mol. The quantitative estimate of drug-likeness (QED) is 0.777. The summed E-state index contributed by atoms with van der Waals surface area (Å²) in [6.45, 7) is 6.25. The van der Waals surface area contributed by atoms with Crippen LogP contribution in [0.1, 0.15) is 24.4 Å². The van der Waals surface area contributed by atoms with Crippen molar-refractivity contribution in [3.63, 3.8) is 0 Å². The number of methoxy groups -OCH3 is 2. The van der Waals surface area contributed by atoms with Gasteiger partial charge in [-0.25, -0.2) is 0 Å². The van der Waals surface area contributed by atoms with Crippen LogP contribution in [0.3, 0.4) is 0 Å². The molecule has 2 heterocycles. The molecule has 1 aromatic rings. The second kappa shape index (κ2) is 9.39. The van der Waals surface area contributed by atoms with Crippen LogP contribution in [0.2, 0.25) is 0 Å². The second-order valence-electron chi connectivity index (χ2n) is 7.24. The molecule has 2 aliphatic heterocycles. The summed E-state index contributed by atoms with van der Waals surface area (Å²) < 4.78 is 16.1. The molecule has 0 saturated carbocycles. The molecule has 7 nitrogen and oxygen atoms in total. The van der Waals surface area contributed by atoms with Crippen LogP contribution < -0.4 is 9.47 Å². The summed E-state index contributed by atoms with van der Waals surface area (Å²) in [5, 5.41) is 9.93. The standard InChI is InChI=1S/C20H30N2O5/c1-25-16-3-4-18(26-2)17(13-16)19(20(23)24)22-7-5-15(6-8-22)14-21-9-11-27-12-10-21/h3-4,13,15,19H,5-12,14H2,1-2H3,(H,23,24). The molecule has 1 N–H and O–H groups in total. The molecule has 2 fully saturated rings. The van der Waals surface area contributed by atoms with E-state index in [-0.39, 0.29) is 0 Å². The summed E-state index contributed by atoms with van der Waals surface area (Å²) in [6, 6.07) is 4.61. The zero-order chi connectivity index (χ0) is 19.2. The lowest BCUT2D eigenvalue weighted by atomic mass is 9.93. The van der Waals surface area contributed by atoms with Gasteiger partial charge >= 0.3 is 5.97 Å². The van der Waals surface area contributed by atoms with Crippen LogP contribution in [0.4, 0.5) is 0 Å². The van der Waals surface area contributed by atoms with E-state index in [1.54, 1.807) is 32.4 Å². The van der Waals surface area contributed by atoms with Gasteiger partial charge in [0.2, 0.25) is 0 Å². The van der Waals surface area contributed by atoms with Crippen molar-refractivity contribution in [1.29, 1.82) is 0 Å². The highest BCUT2D eigenvalue weighted by Crippen LogP contribution is 2.35. The minimum atomic E-state index is -0.854. The summed E-state index contributed by atoms with van der Waals surface area (Å²) >= 11 is 0. The van der Waals surface area contributed by atoms with E-state index in [1.807, 2.05) is 0 Å². The number of nitrogens with zero attached hydrogens (tertiary/aromatic N) is 2. The van der Waals surface area contributed by atoms with Gasteiger partial charge in [0.1, 0.15) is 17.5 Å². The first-order chi connectivity index (χ1) is 13.1. The predicted molar refractivity (Wildman–Crippen MR) is 101 cm³/mol. The van der Waals surface area contributed by atoms with Gasteiger partial charge in [-0.1, -0.05) is 0 Å². The number of carbonyl (C=O) groups is 1. The maximum atomic E-state index is 12.1. The minimum Gasteiger partial charge on any atom is -0.497 e. The third kappa shape index (κ3) is 4.91. The van der Waals surface area contributed by atoms with E-state index in [1.165, 1.54) is 0 Å². The average molecular weight is 378 g/mol. The summed E-state index contributed by atoms with van der Waals surface area (Å²) in [7, 11) is 3.15. The van der Waals surface area contributed by atoms with Gasteiger partial charge < -0.3 is 19.3 Å². The molecule has 3 rings (SSSR count). The number of benzene rings is 1. The van der Waals surface area contributed by atoms with Crippen molar-refractivity contribution in [2.24, 2.45) is 5.92 Å². The molecule has 7 heteroatoms. The Balaban J connectivity index is 1.67. The SMILES string of the molecule is COc1ccc(OC)c(C(C(=O)O)N2CCC(CN3CCOCC3)CC2)c1. The Morgan fingerprint density at radius 2 is 1.89 bits per heavy atom. The molecule has 1 atom stereocenters. The number of likely N-dealkylation sites (tertiary alicyclic amines) is 1. The number of hydrogen-bond acceptors (Lipinski definition) is 6. The predicted octanol–water partition coefficient (Wildman–Crippen LogP) is 1.87. The van der Waals surface area contributed by atoms with Crippen LogP contribution in [-0.4, -0.2) is 81.0 Å². The van der Waals surface area contributed by atoms with Crippen molar-refractivity contribution in [1.82, 2.24) is 9.80 Å². The molecular formula is C20H30N2O5. The minimum absolute atomic E-state index is 0.582. The molecule has 27 heavy (non-hydrogen) atoms. The molecule has 0 aliphatic carbocycles. The number of hydrogen-bond donors (Lipinski definition) is 1. The molecule has 0 aromatic heterocycles. The van der Waals surface area contributed by atoms with Crippen molar-refractivity contribution in [2.75, 3.05) is 60.2 Å². The Hall–Kier alpha value is -1.83. The Morgan fingerprint density at radius 3 is 2.48 bits per heavy atom. The molecule has 1 unspecified atom stereocenters. The normalized spacial score (nSPS) is 21.0. The first-order valence-electron chi connectivity index (χ1n) is 9.61. The van der Waals surface area contributed by atoms with Crippen molar-refractivity contribution >= 4 is 5.97 Å². The Kier molecular flexibility index (Phi) is 6.93. The highest BCUT2D eigenvalue weighted by molar-refractivity contribution is 5.77. The van der Waals surface area contributed by atoms with Gasteiger partial charge in [0.05, 0.1) is 27.4 Å². The van der Waals surface area contributed by atoms with Crippen molar-refractivity contribution in [3.05, 3.63) is 23.8 Å². The summed E-state index contributed by atoms with van der Waals surface area (Å²) in [6.07, 6.45) is 2.01. The fourth-order valence-corrected chi connectivity index (χ4v) is 4.08. The molecule has 2 saturated heterocycles. The van der Waals surface area contributed by atoms with Gasteiger partial charge in [0, 0.05) is 25.2 Å². The molecule has 2 aliphatic rings. The number of aliphatic carboxylic acids is 1. The first-order valence-corrected chi connectivity index (χ1v) is 9.61. The fourth-order valence-electron chi connectivity index (χ4n) is 4.08. The van der Waals surface area contributed by atoms with Crippen LogP contribution in [0.5, 0.6) is 11.5 Å². The molecule has 0 amide bonds. The Labute approximate surface area is 160 Å². The molecule has 150 valence electrons. The number of morpholine rings is 1. The van der Waals surface area contributed by atoms with Crippen LogP contribution in [-0.2, 0) is 9.53 Å².